The number of rotatable bonds is 3. The Balaban J connectivity index is 2.07. The smallest absolute Gasteiger partial charge is 0.281 e. The van der Waals surface area contributed by atoms with Gasteiger partial charge >= 0.3 is 6.18 Å². The first-order valence-electron chi connectivity index (χ1n) is 8.34. The summed E-state index contributed by atoms with van der Waals surface area (Å²) in [5.41, 5.74) is -1.32. The molecule has 150 valence electrons. The Bertz CT molecular complexity index is 1130. The molecule has 0 unspecified atom stereocenters. The molecule has 0 spiro atoms. The van der Waals surface area contributed by atoms with E-state index in [-0.39, 0.29) is 11.3 Å². The van der Waals surface area contributed by atoms with Crippen LogP contribution in [0.5, 0.6) is 0 Å². The highest BCUT2D eigenvalue weighted by Crippen LogP contribution is 2.30. The third-order valence-electron chi connectivity index (χ3n) is 4.26. The molecule has 9 heteroatoms. The molecule has 1 amide bonds. The van der Waals surface area contributed by atoms with Gasteiger partial charge in [-0.3, -0.25) is 14.2 Å². The number of amides is 1. The maximum Gasteiger partial charge on any atom is 0.416 e. The van der Waals surface area contributed by atoms with Crippen LogP contribution in [0.2, 0.25) is 5.02 Å². The summed E-state index contributed by atoms with van der Waals surface area (Å²) in [4.78, 5) is 25.7. The molecule has 2 aromatic carbocycles. The number of hydrogen-bond donors (Lipinski definition) is 1. The number of carbonyl (C=O) groups is 1. The summed E-state index contributed by atoms with van der Waals surface area (Å²) in [6, 6.07) is 13.1. The second-order valence-electron chi connectivity index (χ2n) is 6.23. The number of hydrazine groups is 1. The molecular weight excluding hydrogens is 407 g/mol. The fraction of sp³-hybridized carbons (Fsp3) is 0.100. The number of aromatic nitrogens is 1. The molecule has 29 heavy (non-hydrogen) atoms. The van der Waals surface area contributed by atoms with Crippen molar-refractivity contribution in [1.29, 1.82) is 0 Å². The largest absolute Gasteiger partial charge is 0.416 e. The first-order chi connectivity index (χ1) is 13.6. The van der Waals surface area contributed by atoms with E-state index in [2.05, 4.69) is 0 Å². The summed E-state index contributed by atoms with van der Waals surface area (Å²) in [5.74, 6) is 5.03. The molecule has 0 saturated heterocycles. The molecule has 1 aromatic heterocycles. The Morgan fingerprint density at radius 2 is 1.72 bits per heavy atom. The Hall–Kier alpha value is -3.10. The van der Waals surface area contributed by atoms with E-state index >= 15 is 0 Å². The van der Waals surface area contributed by atoms with Gasteiger partial charge in [-0.05, 0) is 61.5 Å². The van der Waals surface area contributed by atoms with Crippen LogP contribution in [0, 0.1) is 6.92 Å². The minimum Gasteiger partial charge on any atom is -0.281 e. The highest BCUT2D eigenvalue weighted by molar-refractivity contribution is 6.30. The summed E-state index contributed by atoms with van der Waals surface area (Å²) < 4.78 is 40.2. The van der Waals surface area contributed by atoms with Gasteiger partial charge in [-0.2, -0.15) is 13.2 Å². The van der Waals surface area contributed by atoms with Crippen LogP contribution in [0.3, 0.4) is 0 Å². The van der Waals surface area contributed by atoms with Gasteiger partial charge in [-0.1, -0.05) is 17.7 Å². The lowest BCUT2D eigenvalue weighted by Gasteiger charge is -2.18. The zero-order chi connectivity index (χ0) is 21.3. The number of halogens is 4. The molecule has 3 aromatic rings. The average Bonchev–Trinajstić information content (AvgIpc) is 2.67. The van der Waals surface area contributed by atoms with E-state index in [0.717, 1.165) is 21.7 Å². The van der Waals surface area contributed by atoms with E-state index in [0.29, 0.717) is 16.4 Å². The molecular formula is C20H15ClF3N3O2. The SMILES string of the molecule is Cc1ccc(C(=O)N(N)c2ccc(Cl)cc2)c(=O)n1-c1cccc(C(F)(F)F)c1. The number of carbonyl (C=O) groups excluding carboxylic acids is 1. The number of alkyl halides is 3. The zero-order valence-electron chi connectivity index (χ0n) is 15.1. The number of aryl methyl sites for hydroxylation is 1. The zero-order valence-corrected chi connectivity index (χ0v) is 15.8. The van der Waals surface area contributed by atoms with Gasteiger partial charge in [0.2, 0.25) is 0 Å². The highest BCUT2D eigenvalue weighted by atomic mass is 35.5. The molecule has 0 aliphatic heterocycles. The fourth-order valence-corrected chi connectivity index (χ4v) is 2.91. The van der Waals surface area contributed by atoms with E-state index < -0.39 is 23.2 Å². The number of nitrogens with zero attached hydrogens (tertiary/aromatic N) is 2. The summed E-state index contributed by atoms with van der Waals surface area (Å²) in [6.07, 6.45) is -4.57. The van der Waals surface area contributed by atoms with Gasteiger partial charge in [0.25, 0.3) is 11.5 Å². The summed E-state index contributed by atoms with van der Waals surface area (Å²) in [5, 5.41) is 1.22. The van der Waals surface area contributed by atoms with E-state index in [1.54, 1.807) is 6.92 Å². The first-order valence-corrected chi connectivity index (χ1v) is 8.72. The second-order valence-corrected chi connectivity index (χ2v) is 6.67. The van der Waals surface area contributed by atoms with Crippen LogP contribution in [0.4, 0.5) is 18.9 Å². The van der Waals surface area contributed by atoms with Gasteiger partial charge < -0.3 is 0 Å². The Morgan fingerprint density at radius 3 is 2.34 bits per heavy atom. The van der Waals surface area contributed by atoms with Crippen LogP contribution >= 0.6 is 11.6 Å². The van der Waals surface area contributed by atoms with Crippen molar-refractivity contribution in [3.05, 3.63) is 92.9 Å². The monoisotopic (exact) mass is 421 g/mol. The van der Waals surface area contributed by atoms with Crippen molar-refractivity contribution in [3.8, 4) is 5.69 Å². The molecule has 0 radical (unpaired) electrons. The van der Waals surface area contributed by atoms with Gasteiger partial charge in [0.1, 0.15) is 5.56 Å². The van der Waals surface area contributed by atoms with E-state index in [4.69, 9.17) is 17.4 Å². The minimum absolute atomic E-state index is 0.00737. The summed E-state index contributed by atoms with van der Waals surface area (Å²) in [7, 11) is 0. The van der Waals surface area contributed by atoms with Crippen LogP contribution in [0.1, 0.15) is 21.6 Å². The van der Waals surface area contributed by atoms with E-state index in [1.807, 2.05) is 0 Å². The molecule has 3 rings (SSSR count). The maximum absolute atomic E-state index is 13.0. The molecule has 0 fully saturated rings. The maximum atomic E-state index is 13.0. The second kappa shape index (κ2) is 7.73. The lowest BCUT2D eigenvalue weighted by molar-refractivity contribution is -0.137. The lowest BCUT2D eigenvalue weighted by Crippen LogP contribution is -2.41. The van der Waals surface area contributed by atoms with Crippen LogP contribution in [0.25, 0.3) is 5.69 Å². The van der Waals surface area contributed by atoms with Gasteiger partial charge in [0.15, 0.2) is 0 Å². The molecule has 0 bridgehead atoms. The minimum atomic E-state index is -4.57. The van der Waals surface area contributed by atoms with Gasteiger partial charge in [-0.15, -0.1) is 0 Å². The standard InChI is InChI=1S/C20H15ClF3N3O2/c1-12-5-10-17(19(29)27(25)15-8-6-14(21)7-9-15)18(28)26(12)16-4-2-3-13(11-16)20(22,23)24/h2-11H,25H2,1H3. The number of benzene rings is 2. The third kappa shape index (κ3) is 4.18. The average molecular weight is 422 g/mol. The first kappa shape index (κ1) is 20.6. The quantitative estimate of drug-likeness (QED) is 0.388. The van der Waals surface area contributed by atoms with Gasteiger partial charge in [-0.25, -0.2) is 10.9 Å². The molecule has 1 heterocycles. The van der Waals surface area contributed by atoms with Gasteiger partial charge in [0, 0.05) is 16.4 Å². The van der Waals surface area contributed by atoms with E-state index in [1.165, 1.54) is 48.5 Å². The van der Waals surface area contributed by atoms with Crippen molar-refractivity contribution in [1.82, 2.24) is 4.57 Å². The predicted octanol–water partition coefficient (Wildman–Crippen LogP) is 4.34. The van der Waals surface area contributed by atoms with Crippen LogP contribution in [-0.4, -0.2) is 10.5 Å². The van der Waals surface area contributed by atoms with Crippen molar-refractivity contribution in [2.75, 3.05) is 5.01 Å². The summed E-state index contributed by atoms with van der Waals surface area (Å²) >= 11 is 5.81. The van der Waals surface area contributed by atoms with Crippen LogP contribution < -0.4 is 16.4 Å². The Morgan fingerprint density at radius 1 is 1.07 bits per heavy atom. The van der Waals surface area contributed by atoms with Crippen molar-refractivity contribution in [2.24, 2.45) is 5.84 Å². The topological polar surface area (TPSA) is 68.3 Å². The number of anilines is 1. The molecule has 0 atom stereocenters. The Kier molecular flexibility index (Phi) is 5.50. The third-order valence-corrected chi connectivity index (χ3v) is 4.52. The normalized spacial score (nSPS) is 11.4. The number of nitrogens with two attached hydrogens (primary N) is 1. The van der Waals surface area contributed by atoms with Gasteiger partial charge in [0.05, 0.1) is 11.3 Å². The fourth-order valence-electron chi connectivity index (χ4n) is 2.78. The molecule has 5 nitrogen and oxygen atoms in total. The lowest BCUT2D eigenvalue weighted by atomic mass is 10.1. The molecule has 0 saturated carbocycles. The molecule has 0 aliphatic rings. The number of hydrogen-bond acceptors (Lipinski definition) is 3. The molecule has 2 N–H and O–H groups in total. The van der Waals surface area contributed by atoms with Crippen molar-refractivity contribution >= 4 is 23.2 Å². The number of pyridine rings is 1. The van der Waals surface area contributed by atoms with E-state index in [9.17, 15) is 22.8 Å². The van der Waals surface area contributed by atoms with Crippen molar-refractivity contribution in [2.45, 2.75) is 13.1 Å². The van der Waals surface area contributed by atoms with Crippen LogP contribution in [-0.2, 0) is 6.18 Å². The highest BCUT2D eigenvalue weighted by Gasteiger charge is 2.31. The van der Waals surface area contributed by atoms with Crippen LogP contribution in [0.15, 0.2) is 65.5 Å². The van der Waals surface area contributed by atoms with Crippen molar-refractivity contribution in [3.63, 3.8) is 0 Å². The Labute approximate surface area is 168 Å². The molecule has 0 aliphatic carbocycles. The van der Waals surface area contributed by atoms with Crippen molar-refractivity contribution < 1.29 is 18.0 Å². The summed E-state index contributed by atoms with van der Waals surface area (Å²) in [6.45, 7) is 1.55. The predicted molar refractivity (Wildman–Crippen MR) is 104 cm³/mol.